The summed E-state index contributed by atoms with van der Waals surface area (Å²) in [6.45, 7) is 2.16. The van der Waals surface area contributed by atoms with E-state index in [4.69, 9.17) is 11.5 Å². The fourth-order valence-corrected chi connectivity index (χ4v) is 1.83. The highest BCUT2D eigenvalue weighted by Crippen LogP contribution is 2.17. The largest absolute Gasteiger partial charge is 0.399 e. The van der Waals surface area contributed by atoms with Crippen LogP contribution in [0.4, 0.5) is 11.4 Å². The Bertz CT molecular complexity index is 374. The maximum Gasteiger partial charge on any atom is 0.137 e. The Labute approximate surface area is 103 Å². The van der Waals surface area contributed by atoms with Crippen molar-refractivity contribution in [1.82, 2.24) is 0 Å². The van der Waals surface area contributed by atoms with Crippen molar-refractivity contribution in [3.63, 3.8) is 0 Å². The number of carbonyl (C=O) groups excluding carboxylic acids is 1. The van der Waals surface area contributed by atoms with Crippen LogP contribution in [0.15, 0.2) is 18.2 Å². The zero-order valence-corrected chi connectivity index (χ0v) is 10.5. The third-order valence-electron chi connectivity index (χ3n) is 2.86. The minimum atomic E-state index is 0.249. The molecule has 1 aromatic carbocycles. The number of hydrogen-bond donors (Lipinski definition) is 2. The molecule has 0 aliphatic rings. The normalized spacial score (nSPS) is 10.4. The Morgan fingerprint density at radius 1 is 1.18 bits per heavy atom. The molecule has 0 unspecified atom stereocenters. The number of hydrogen-bond acceptors (Lipinski definition) is 3. The fourth-order valence-electron chi connectivity index (χ4n) is 1.83. The molecule has 3 nitrogen and oxygen atoms in total. The Kier molecular flexibility index (Phi) is 5.53. The average molecular weight is 234 g/mol. The third kappa shape index (κ3) is 4.89. The minimum Gasteiger partial charge on any atom is -0.399 e. The Morgan fingerprint density at radius 3 is 2.65 bits per heavy atom. The molecule has 0 aromatic heterocycles. The van der Waals surface area contributed by atoms with Crippen molar-refractivity contribution in [2.75, 3.05) is 11.5 Å². The highest BCUT2D eigenvalue weighted by atomic mass is 16.1. The SMILES string of the molecule is CCCCCCC(=O)Cc1cc(N)ccc1N. The lowest BCUT2D eigenvalue weighted by atomic mass is 10.0. The van der Waals surface area contributed by atoms with Crippen LogP contribution in [-0.2, 0) is 11.2 Å². The van der Waals surface area contributed by atoms with Crippen LogP contribution in [0.2, 0.25) is 0 Å². The first-order valence-corrected chi connectivity index (χ1v) is 6.29. The van der Waals surface area contributed by atoms with Gasteiger partial charge in [-0.25, -0.2) is 0 Å². The second kappa shape index (κ2) is 6.94. The molecule has 0 saturated heterocycles. The second-order valence-corrected chi connectivity index (χ2v) is 4.48. The Balaban J connectivity index is 2.42. The van der Waals surface area contributed by atoms with Gasteiger partial charge in [-0.05, 0) is 30.2 Å². The molecule has 17 heavy (non-hydrogen) atoms. The van der Waals surface area contributed by atoms with Gasteiger partial charge in [0.05, 0.1) is 0 Å². The van der Waals surface area contributed by atoms with Crippen LogP contribution >= 0.6 is 0 Å². The van der Waals surface area contributed by atoms with E-state index in [0.29, 0.717) is 24.2 Å². The van der Waals surface area contributed by atoms with Crippen molar-refractivity contribution < 1.29 is 4.79 Å². The summed E-state index contributed by atoms with van der Waals surface area (Å²) in [6.07, 6.45) is 5.56. The van der Waals surface area contributed by atoms with Crippen LogP contribution in [0.1, 0.15) is 44.6 Å². The molecule has 0 fully saturated rings. The van der Waals surface area contributed by atoms with Gasteiger partial charge in [-0.15, -0.1) is 0 Å². The summed E-state index contributed by atoms with van der Waals surface area (Å²) >= 11 is 0. The second-order valence-electron chi connectivity index (χ2n) is 4.48. The van der Waals surface area contributed by atoms with Gasteiger partial charge in [-0.2, -0.15) is 0 Å². The lowest BCUT2D eigenvalue weighted by Crippen LogP contribution is -2.05. The van der Waals surface area contributed by atoms with Gasteiger partial charge in [0.2, 0.25) is 0 Å². The van der Waals surface area contributed by atoms with E-state index >= 15 is 0 Å². The van der Waals surface area contributed by atoms with Gasteiger partial charge >= 0.3 is 0 Å². The molecule has 3 heteroatoms. The molecule has 0 heterocycles. The van der Waals surface area contributed by atoms with Crippen LogP contribution in [0, 0.1) is 0 Å². The van der Waals surface area contributed by atoms with E-state index in [2.05, 4.69) is 6.92 Å². The number of carbonyl (C=O) groups is 1. The number of nitrogens with two attached hydrogens (primary N) is 2. The van der Waals surface area contributed by atoms with Gasteiger partial charge in [0.1, 0.15) is 5.78 Å². The van der Waals surface area contributed by atoms with E-state index in [0.717, 1.165) is 18.4 Å². The first-order valence-electron chi connectivity index (χ1n) is 6.29. The van der Waals surface area contributed by atoms with Crippen molar-refractivity contribution >= 4 is 17.2 Å². The molecule has 0 aliphatic carbocycles. The smallest absolute Gasteiger partial charge is 0.137 e. The van der Waals surface area contributed by atoms with Gasteiger partial charge in [0, 0.05) is 24.2 Å². The molecule has 1 aromatic rings. The summed E-state index contributed by atoms with van der Waals surface area (Å²) in [5.41, 5.74) is 13.6. The zero-order valence-electron chi connectivity index (χ0n) is 10.5. The third-order valence-corrected chi connectivity index (χ3v) is 2.86. The fraction of sp³-hybridized carbons (Fsp3) is 0.500. The van der Waals surface area contributed by atoms with Crippen molar-refractivity contribution in [3.05, 3.63) is 23.8 Å². The first-order chi connectivity index (χ1) is 8.13. The first kappa shape index (κ1) is 13.6. The van der Waals surface area contributed by atoms with E-state index in [1.54, 1.807) is 18.2 Å². The predicted octanol–water partition coefficient (Wildman–Crippen LogP) is 2.93. The van der Waals surface area contributed by atoms with E-state index in [9.17, 15) is 4.79 Å². The van der Waals surface area contributed by atoms with Crippen LogP contribution in [-0.4, -0.2) is 5.78 Å². The van der Waals surface area contributed by atoms with E-state index in [1.807, 2.05) is 0 Å². The summed E-state index contributed by atoms with van der Waals surface area (Å²) in [4.78, 5) is 11.7. The molecule has 0 aliphatic heterocycles. The van der Waals surface area contributed by atoms with E-state index < -0.39 is 0 Å². The van der Waals surface area contributed by atoms with Crippen molar-refractivity contribution in [2.24, 2.45) is 0 Å². The molecule has 0 bridgehead atoms. The molecule has 1 rings (SSSR count). The van der Waals surface area contributed by atoms with Crippen molar-refractivity contribution in [2.45, 2.75) is 45.4 Å². The van der Waals surface area contributed by atoms with Crippen LogP contribution < -0.4 is 11.5 Å². The zero-order chi connectivity index (χ0) is 12.7. The predicted molar refractivity (Wildman–Crippen MR) is 72.7 cm³/mol. The number of anilines is 2. The summed E-state index contributed by atoms with van der Waals surface area (Å²) in [5.74, 6) is 0.249. The van der Waals surface area contributed by atoms with Crippen molar-refractivity contribution in [3.8, 4) is 0 Å². The molecule has 0 radical (unpaired) electrons. The van der Waals surface area contributed by atoms with E-state index in [-0.39, 0.29) is 5.78 Å². The highest BCUT2D eigenvalue weighted by Gasteiger charge is 2.06. The van der Waals surface area contributed by atoms with Gasteiger partial charge < -0.3 is 11.5 Å². The highest BCUT2D eigenvalue weighted by molar-refractivity contribution is 5.82. The lowest BCUT2D eigenvalue weighted by Gasteiger charge is -2.06. The number of rotatable bonds is 7. The summed E-state index contributed by atoms with van der Waals surface area (Å²) in [7, 11) is 0. The summed E-state index contributed by atoms with van der Waals surface area (Å²) < 4.78 is 0. The minimum absolute atomic E-state index is 0.249. The van der Waals surface area contributed by atoms with Crippen molar-refractivity contribution in [1.29, 1.82) is 0 Å². The quantitative estimate of drug-likeness (QED) is 0.563. The molecule has 0 amide bonds. The summed E-state index contributed by atoms with van der Waals surface area (Å²) in [5, 5.41) is 0. The Hall–Kier alpha value is -1.51. The standard InChI is InChI=1S/C14H22N2O/c1-2-3-4-5-6-13(17)10-11-9-12(15)7-8-14(11)16/h7-9H,2-6,10,15-16H2,1H3. The number of nitrogen functional groups attached to an aromatic ring is 2. The number of Topliss-reactive ketones (excluding diaryl/α,β-unsaturated/α-hetero) is 1. The molecule has 0 spiro atoms. The molecule has 94 valence electrons. The number of ketones is 1. The van der Waals surface area contributed by atoms with Gasteiger partial charge in [-0.1, -0.05) is 26.2 Å². The van der Waals surface area contributed by atoms with Gasteiger partial charge in [0.25, 0.3) is 0 Å². The maximum atomic E-state index is 11.7. The molecule has 4 N–H and O–H groups in total. The lowest BCUT2D eigenvalue weighted by molar-refractivity contribution is -0.118. The number of benzene rings is 1. The number of unbranched alkanes of at least 4 members (excludes halogenated alkanes) is 3. The maximum absolute atomic E-state index is 11.7. The molecule has 0 saturated carbocycles. The average Bonchev–Trinajstić information content (AvgIpc) is 2.29. The Morgan fingerprint density at radius 2 is 1.94 bits per heavy atom. The van der Waals surface area contributed by atoms with Gasteiger partial charge in [0.15, 0.2) is 0 Å². The molecular weight excluding hydrogens is 212 g/mol. The molecule has 0 atom stereocenters. The van der Waals surface area contributed by atoms with E-state index in [1.165, 1.54) is 12.8 Å². The monoisotopic (exact) mass is 234 g/mol. The molecular formula is C14H22N2O. The van der Waals surface area contributed by atoms with Gasteiger partial charge in [-0.3, -0.25) is 4.79 Å². The van der Waals surface area contributed by atoms with Crippen LogP contribution in [0.3, 0.4) is 0 Å². The summed E-state index contributed by atoms with van der Waals surface area (Å²) in [6, 6.07) is 5.30. The van der Waals surface area contributed by atoms with Crippen LogP contribution in [0.5, 0.6) is 0 Å². The topological polar surface area (TPSA) is 69.1 Å². The van der Waals surface area contributed by atoms with Crippen LogP contribution in [0.25, 0.3) is 0 Å².